The molecule has 2 heterocycles. The summed E-state index contributed by atoms with van der Waals surface area (Å²) in [6.45, 7) is 4.06. The lowest BCUT2D eigenvalue weighted by Crippen LogP contribution is -2.31. The van der Waals surface area contributed by atoms with Crippen LogP contribution in [0, 0.1) is 11.8 Å². The molecule has 1 fully saturated rings. The summed E-state index contributed by atoms with van der Waals surface area (Å²) in [5, 5.41) is 0. The van der Waals surface area contributed by atoms with Crippen LogP contribution >= 0.6 is 0 Å². The van der Waals surface area contributed by atoms with Gasteiger partial charge in [-0.1, -0.05) is 30.5 Å². The molecule has 148 valence electrons. The van der Waals surface area contributed by atoms with Crippen molar-refractivity contribution in [2.75, 3.05) is 32.0 Å². The van der Waals surface area contributed by atoms with Crippen LogP contribution in [0.1, 0.15) is 36.9 Å². The molecule has 0 bridgehead atoms. The average molecular weight is 386 g/mol. The zero-order valence-corrected chi connectivity index (χ0v) is 16.6. The second-order valence-electron chi connectivity index (χ2n) is 7.35. The molecule has 1 aliphatic heterocycles. The Balaban J connectivity index is 1.52. The number of piperidine rings is 1. The summed E-state index contributed by atoms with van der Waals surface area (Å²) in [6, 6.07) is 15.4. The molecule has 0 radical (unpaired) electrons. The molecule has 0 amide bonds. The lowest BCUT2D eigenvalue weighted by molar-refractivity contribution is 0.203. The Morgan fingerprint density at radius 3 is 2.59 bits per heavy atom. The highest BCUT2D eigenvalue weighted by molar-refractivity contribution is 5.79. The number of likely N-dealkylation sites (tertiary alicyclic amines) is 1. The molecule has 1 aromatic heterocycles. The number of aromatic nitrogens is 2. The molecule has 29 heavy (non-hydrogen) atoms. The monoisotopic (exact) mass is 386 g/mol. The van der Waals surface area contributed by atoms with E-state index in [1.165, 1.54) is 32.4 Å². The number of anilines is 1. The molecule has 0 spiro atoms. The SMILES string of the molecule is Nc1ccc2nc(OCCCN3CCCCC3)c(C#Cc3ccccc3)nc2c1. The van der Waals surface area contributed by atoms with E-state index >= 15 is 0 Å². The lowest BCUT2D eigenvalue weighted by atomic mass is 10.1. The molecule has 2 N–H and O–H groups in total. The van der Waals surface area contributed by atoms with Crippen molar-refractivity contribution in [2.24, 2.45) is 0 Å². The standard InChI is InChI=1S/C24H26N4O/c25-20-11-13-21-23(18-20)26-22(12-10-19-8-3-1-4-9-19)24(27-21)29-17-7-16-28-14-5-2-6-15-28/h1,3-4,8-9,11,13,18H,2,5-7,14-17,25H2. The van der Waals surface area contributed by atoms with Crippen LogP contribution < -0.4 is 10.5 Å². The first-order chi connectivity index (χ1) is 14.3. The van der Waals surface area contributed by atoms with Gasteiger partial charge in [0, 0.05) is 17.8 Å². The quantitative estimate of drug-likeness (QED) is 0.410. The Labute approximate surface area is 171 Å². The third-order valence-electron chi connectivity index (χ3n) is 5.06. The molecular formula is C24H26N4O. The van der Waals surface area contributed by atoms with Crippen molar-refractivity contribution in [3.63, 3.8) is 0 Å². The maximum Gasteiger partial charge on any atom is 0.249 e. The van der Waals surface area contributed by atoms with Gasteiger partial charge in [0.05, 0.1) is 17.6 Å². The predicted molar refractivity (Wildman–Crippen MR) is 117 cm³/mol. The van der Waals surface area contributed by atoms with Crippen LogP contribution in [0.3, 0.4) is 0 Å². The van der Waals surface area contributed by atoms with E-state index in [1.807, 2.05) is 48.5 Å². The molecule has 0 atom stereocenters. The number of benzene rings is 2. The van der Waals surface area contributed by atoms with Gasteiger partial charge in [-0.05, 0) is 68.6 Å². The largest absolute Gasteiger partial charge is 0.476 e. The van der Waals surface area contributed by atoms with Gasteiger partial charge < -0.3 is 15.4 Å². The highest BCUT2D eigenvalue weighted by Gasteiger charge is 2.11. The van der Waals surface area contributed by atoms with Crippen molar-refractivity contribution in [1.82, 2.24) is 14.9 Å². The highest BCUT2D eigenvalue weighted by Crippen LogP contribution is 2.21. The second-order valence-corrected chi connectivity index (χ2v) is 7.35. The Morgan fingerprint density at radius 2 is 1.76 bits per heavy atom. The van der Waals surface area contributed by atoms with Crippen molar-refractivity contribution in [3.05, 3.63) is 59.8 Å². The Hall–Kier alpha value is -3.10. The molecule has 5 heteroatoms. The smallest absolute Gasteiger partial charge is 0.249 e. The van der Waals surface area contributed by atoms with Crippen molar-refractivity contribution in [3.8, 4) is 17.7 Å². The minimum atomic E-state index is 0.490. The van der Waals surface area contributed by atoms with Crippen LogP contribution in [-0.2, 0) is 0 Å². The molecular weight excluding hydrogens is 360 g/mol. The van der Waals surface area contributed by atoms with Gasteiger partial charge >= 0.3 is 0 Å². The molecule has 4 rings (SSSR count). The van der Waals surface area contributed by atoms with E-state index in [-0.39, 0.29) is 0 Å². The van der Waals surface area contributed by atoms with Gasteiger partial charge in [-0.3, -0.25) is 0 Å². The van der Waals surface area contributed by atoms with Crippen LogP contribution in [0.15, 0.2) is 48.5 Å². The van der Waals surface area contributed by atoms with E-state index in [2.05, 4.69) is 26.7 Å². The third kappa shape index (κ3) is 5.24. The molecule has 0 unspecified atom stereocenters. The van der Waals surface area contributed by atoms with Gasteiger partial charge in [0.15, 0.2) is 5.69 Å². The highest BCUT2D eigenvalue weighted by atomic mass is 16.5. The Morgan fingerprint density at radius 1 is 0.931 bits per heavy atom. The van der Waals surface area contributed by atoms with Gasteiger partial charge in [0.1, 0.15) is 0 Å². The molecule has 1 aliphatic rings. The third-order valence-corrected chi connectivity index (χ3v) is 5.06. The number of fused-ring (bicyclic) bond motifs is 1. The summed E-state index contributed by atoms with van der Waals surface area (Å²) in [5.41, 5.74) is 9.52. The summed E-state index contributed by atoms with van der Waals surface area (Å²) < 4.78 is 6.02. The molecule has 1 saturated heterocycles. The van der Waals surface area contributed by atoms with E-state index in [1.54, 1.807) is 0 Å². The van der Waals surface area contributed by atoms with Crippen LogP contribution in [0.25, 0.3) is 11.0 Å². The molecule has 2 aromatic carbocycles. The van der Waals surface area contributed by atoms with Crippen molar-refractivity contribution in [2.45, 2.75) is 25.7 Å². The van der Waals surface area contributed by atoms with Crippen LogP contribution in [0.2, 0.25) is 0 Å². The lowest BCUT2D eigenvalue weighted by Gasteiger charge is -2.26. The zero-order valence-electron chi connectivity index (χ0n) is 16.6. The maximum atomic E-state index is 6.02. The predicted octanol–water partition coefficient (Wildman–Crippen LogP) is 3.87. The van der Waals surface area contributed by atoms with Crippen LogP contribution in [0.5, 0.6) is 5.88 Å². The van der Waals surface area contributed by atoms with E-state index in [4.69, 9.17) is 10.5 Å². The summed E-state index contributed by atoms with van der Waals surface area (Å²) in [6.07, 6.45) is 4.93. The normalized spacial score (nSPS) is 14.3. The van der Waals surface area contributed by atoms with Gasteiger partial charge in [-0.2, -0.15) is 0 Å². The fourth-order valence-electron chi connectivity index (χ4n) is 3.53. The number of nitrogen functional groups attached to an aromatic ring is 1. The van der Waals surface area contributed by atoms with E-state index in [9.17, 15) is 0 Å². The summed E-state index contributed by atoms with van der Waals surface area (Å²) in [4.78, 5) is 11.8. The topological polar surface area (TPSA) is 64.3 Å². The minimum absolute atomic E-state index is 0.490. The molecule has 0 aliphatic carbocycles. The number of ether oxygens (including phenoxy) is 1. The van der Waals surface area contributed by atoms with Gasteiger partial charge in [0.25, 0.3) is 0 Å². The number of hydrogen-bond acceptors (Lipinski definition) is 5. The molecule has 3 aromatic rings. The summed E-state index contributed by atoms with van der Waals surface area (Å²) in [5.74, 6) is 6.77. The minimum Gasteiger partial charge on any atom is -0.476 e. The first kappa shape index (κ1) is 19.2. The van der Waals surface area contributed by atoms with Gasteiger partial charge in [-0.25, -0.2) is 9.97 Å². The fraction of sp³-hybridized carbons (Fsp3) is 0.333. The molecule has 0 saturated carbocycles. The van der Waals surface area contributed by atoms with Crippen molar-refractivity contribution in [1.29, 1.82) is 0 Å². The van der Waals surface area contributed by atoms with Gasteiger partial charge in [0.2, 0.25) is 5.88 Å². The Kier molecular flexibility index (Phi) is 6.23. The van der Waals surface area contributed by atoms with Gasteiger partial charge in [-0.15, -0.1) is 0 Å². The fourth-order valence-corrected chi connectivity index (χ4v) is 3.53. The van der Waals surface area contributed by atoms with E-state index in [0.717, 1.165) is 29.6 Å². The first-order valence-electron chi connectivity index (χ1n) is 10.3. The first-order valence-corrected chi connectivity index (χ1v) is 10.3. The van der Waals surface area contributed by atoms with Crippen molar-refractivity contribution < 1.29 is 4.74 Å². The number of rotatable bonds is 5. The summed E-state index contributed by atoms with van der Waals surface area (Å²) >= 11 is 0. The van der Waals surface area contributed by atoms with Crippen LogP contribution in [0.4, 0.5) is 5.69 Å². The van der Waals surface area contributed by atoms with E-state index in [0.29, 0.717) is 23.9 Å². The van der Waals surface area contributed by atoms with E-state index < -0.39 is 0 Å². The maximum absolute atomic E-state index is 6.02. The molecule has 5 nitrogen and oxygen atoms in total. The number of nitrogens with zero attached hydrogens (tertiary/aromatic N) is 3. The second kappa shape index (κ2) is 9.40. The Bertz CT molecular complexity index is 1020. The summed E-state index contributed by atoms with van der Waals surface area (Å²) in [7, 11) is 0. The average Bonchev–Trinajstić information content (AvgIpc) is 2.76. The van der Waals surface area contributed by atoms with Crippen LogP contribution in [-0.4, -0.2) is 41.1 Å². The number of nitrogens with two attached hydrogens (primary N) is 1. The zero-order chi connectivity index (χ0) is 19.9. The number of hydrogen-bond donors (Lipinski definition) is 1. The van der Waals surface area contributed by atoms with Crippen molar-refractivity contribution >= 4 is 16.7 Å².